The van der Waals surface area contributed by atoms with Gasteiger partial charge in [-0.15, -0.1) is 0 Å². The van der Waals surface area contributed by atoms with Crippen molar-refractivity contribution in [1.82, 2.24) is 4.90 Å². The Bertz CT molecular complexity index is 1360. The number of benzene rings is 2. The summed E-state index contributed by atoms with van der Waals surface area (Å²) in [7, 11) is 1.72. The molecular formula is C35H42BrNO4. The molecule has 0 radical (unpaired) electrons. The van der Waals surface area contributed by atoms with Crippen molar-refractivity contribution in [3.63, 3.8) is 0 Å². The third kappa shape index (κ3) is 6.24. The van der Waals surface area contributed by atoms with Gasteiger partial charge >= 0.3 is 0 Å². The summed E-state index contributed by atoms with van der Waals surface area (Å²) in [6.45, 7) is 12.5. The summed E-state index contributed by atoms with van der Waals surface area (Å²) in [6.07, 6.45) is 3.32. The van der Waals surface area contributed by atoms with Gasteiger partial charge in [-0.05, 0) is 60.8 Å². The summed E-state index contributed by atoms with van der Waals surface area (Å²) in [5.74, 6) is 0.523. The van der Waals surface area contributed by atoms with Crippen LogP contribution < -0.4 is 4.74 Å². The molecule has 2 aromatic rings. The number of ether oxygens (including phenoxy) is 2. The monoisotopic (exact) mass is 619 g/mol. The molecule has 0 aromatic heterocycles. The quantitative estimate of drug-likeness (QED) is 0.280. The Hall–Kier alpha value is -2.70. The van der Waals surface area contributed by atoms with E-state index in [0.29, 0.717) is 31.8 Å². The predicted molar refractivity (Wildman–Crippen MR) is 166 cm³/mol. The highest BCUT2D eigenvalue weighted by Gasteiger charge is 2.49. The van der Waals surface area contributed by atoms with Crippen LogP contribution in [-0.4, -0.2) is 36.7 Å². The highest BCUT2D eigenvalue weighted by atomic mass is 79.9. The number of aryl methyl sites for hydroxylation is 1. The number of carbonyl (C=O) groups excluding carboxylic acids is 2. The maximum Gasteiger partial charge on any atom is 0.162 e. The Morgan fingerprint density at radius 1 is 0.878 bits per heavy atom. The van der Waals surface area contributed by atoms with E-state index < -0.39 is 5.92 Å². The zero-order valence-corrected chi connectivity index (χ0v) is 26.8. The maximum atomic E-state index is 14.1. The van der Waals surface area contributed by atoms with E-state index in [1.165, 1.54) is 5.56 Å². The highest BCUT2D eigenvalue weighted by molar-refractivity contribution is 9.10. The number of nitrogens with zero attached hydrogens (tertiary/aromatic N) is 1. The number of Topliss-reactive ketones (excluding diaryl/α,β-unsaturated/α-hetero) is 2. The molecule has 1 aliphatic heterocycles. The van der Waals surface area contributed by atoms with Crippen LogP contribution in [0.3, 0.4) is 0 Å². The van der Waals surface area contributed by atoms with Crippen LogP contribution >= 0.6 is 15.9 Å². The van der Waals surface area contributed by atoms with E-state index in [4.69, 9.17) is 9.47 Å². The fourth-order valence-corrected chi connectivity index (χ4v) is 7.10. The molecule has 0 amide bonds. The number of hydrogen-bond acceptors (Lipinski definition) is 5. The molecule has 0 unspecified atom stereocenters. The molecule has 5 rings (SSSR count). The number of allylic oxidation sites excluding steroid dienone is 4. The van der Waals surface area contributed by atoms with Crippen LogP contribution in [0.2, 0.25) is 0 Å². The molecule has 0 atom stereocenters. The van der Waals surface area contributed by atoms with Crippen LogP contribution in [0.5, 0.6) is 5.75 Å². The second kappa shape index (κ2) is 11.5. The van der Waals surface area contributed by atoms with E-state index in [-0.39, 0.29) is 22.4 Å². The zero-order valence-electron chi connectivity index (χ0n) is 25.2. The van der Waals surface area contributed by atoms with Crippen molar-refractivity contribution in [2.75, 3.05) is 20.3 Å². The Kier molecular flexibility index (Phi) is 8.37. The van der Waals surface area contributed by atoms with Crippen LogP contribution in [0.15, 0.2) is 69.5 Å². The third-order valence-electron chi connectivity index (χ3n) is 8.55. The molecule has 0 N–H and O–H groups in total. The minimum absolute atomic E-state index is 0.131. The van der Waals surface area contributed by atoms with Crippen LogP contribution in [0, 0.1) is 17.8 Å². The van der Waals surface area contributed by atoms with Crippen LogP contribution in [0.25, 0.3) is 0 Å². The second-order valence-electron chi connectivity index (χ2n) is 13.5. The van der Waals surface area contributed by atoms with Crippen LogP contribution in [0.4, 0.5) is 0 Å². The van der Waals surface area contributed by atoms with Crippen molar-refractivity contribution in [3.05, 3.63) is 86.2 Å². The van der Waals surface area contributed by atoms with Crippen molar-refractivity contribution in [3.8, 4) is 5.75 Å². The fraction of sp³-hybridized carbons (Fsp3) is 0.486. The molecule has 1 heterocycles. The van der Waals surface area contributed by atoms with Crippen LogP contribution in [0.1, 0.15) is 82.4 Å². The summed E-state index contributed by atoms with van der Waals surface area (Å²) in [4.78, 5) is 30.6. The molecule has 0 bridgehead atoms. The number of methoxy groups -OCH3 is 1. The van der Waals surface area contributed by atoms with E-state index in [1.54, 1.807) is 7.11 Å². The lowest BCUT2D eigenvalue weighted by atomic mass is 9.63. The number of ketones is 2. The summed E-state index contributed by atoms with van der Waals surface area (Å²) >= 11 is 3.68. The van der Waals surface area contributed by atoms with Gasteiger partial charge in [0.15, 0.2) is 11.6 Å². The molecule has 0 saturated carbocycles. The molecule has 0 fully saturated rings. The number of halogens is 1. The molecule has 218 valence electrons. The standard InChI is InChI=1S/C35H42BrNO4/c1-22-8-10-23(11-9-22)21-41-30-13-12-24(36)16-25(30)31-32-26(17-34(2,3)19-28(32)38)37(14-7-15-40-6)27-18-35(4,5)20-29(39)33(27)31/h8-13,16,31H,7,14-15,17-21H2,1-6H3. The molecule has 2 aromatic carbocycles. The normalized spacial score (nSPS) is 20.3. The molecule has 3 aliphatic rings. The zero-order chi connectivity index (χ0) is 29.5. The lowest BCUT2D eigenvalue weighted by molar-refractivity contribution is -0.119. The van der Waals surface area contributed by atoms with Gasteiger partial charge in [-0.2, -0.15) is 0 Å². The SMILES string of the molecule is COCCCN1C2=C(C(=O)CC(C)(C)C2)C(c2cc(Br)ccc2OCc2ccc(C)cc2)C2=C1CC(C)(C)CC2=O. The van der Waals surface area contributed by atoms with E-state index in [0.717, 1.165) is 63.9 Å². The van der Waals surface area contributed by atoms with Crippen molar-refractivity contribution < 1.29 is 19.1 Å². The van der Waals surface area contributed by atoms with Gasteiger partial charge in [-0.25, -0.2) is 0 Å². The van der Waals surface area contributed by atoms with E-state index >= 15 is 0 Å². The first-order chi connectivity index (χ1) is 19.4. The Morgan fingerprint density at radius 3 is 2.02 bits per heavy atom. The van der Waals surface area contributed by atoms with Crippen molar-refractivity contribution in [2.45, 2.75) is 79.2 Å². The van der Waals surface area contributed by atoms with Crippen LogP contribution in [-0.2, 0) is 20.9 Å². The smallest absolute Gasteiger partial charge is 0.162 e. The minimum Gasteiger partial charge on any atom is -0.489 e. The molecular weight excluding hydrogens is 578 g/mol. The topological polar surface area (TPSA) is 55.8 Å². The summed E-state index contributed by atoms with van der Waals surface area (Å²) in [5.41, 5.74) is 6.52. The van der Waals surface area contributed by atoms with Gasteiger partial charge in [0.25, 0.3) is 0 Å². The first-order valence-electron chi connectivity index (χ1n) is 14.7. The average Bonchev–Trinajstić information content (AvgIpc) is 2.88. The molecule has 0 spiro atoms. The Labute approximate surface area is 253 Å². The fourth-order valence-electron chi connectivity index (χ4n) is 6.72. The molecule has 6 heteroatoms. The van der Waals surface area contributed by atoms with Gasteiger partial charge in [0, 0.05) is 71.6 Å². The lowest BCUT2D eigenvalue weighted by Gasteiger charge is -2.49. The van der Waals surface area contributed by atoms with Crippen molar-refractivity contribution >= 4 is 27.5 Å². The summed E-state index contributed by atoms with van der Waals surface area (Å²) in [6, 6.07) is 14.3. The third-order valence-corrected chi connectivity index (χ3v) is 9.04. The van der Waals surface area contributed by atoms with Crippen molar-refractivity contribution in [1.29, 1.82) is 0 Å². The van der Waals surface area contributed by atoms with E-state index in [1.807, 2.05) is 18.2 Å². The van der Waals surface area contributed by atoms with E-state index in [9.17, 15) is 9.59 Å². The molecule has 0 saturated heterocycles. The first kappa shape index (κ1) is 29.8. The van der Waals surface area contributed by atoms with Gasteiger partial charge in [0.2, 0.25) is 0 Å². The summed E-state index contributed by atoms with van der Waals surface area (Å²) < 4.78 is 12.8. The van der Waals surface area contributed by atoms with E-state index in [2.05, 4.69) is 79.7 Å². The predicted octanol–water partition coefficient (Wildman–Crippen LogP) is 8.06. The molecule has 2 aliphatic carbocycles. The number of hydrogen-bond donors (Lipinski definition) is 0. The van der Waals surface area contributed by atoms with Gasteiger partial charge in [0.05, 0.1) is 0 Å². The maximum absolute atomic E-state index is 14.1. The van der Waals surface area contributed by atoms with Gasteiger partial charge in [0.1, 0.15) is 12.4 Å². The highest BCUT2D eigenvalue weighted by Crippen LogP contribution is 2.55. The first-order valence-corrected chi connectivity index (χ1v) is 15.5. The second-order valence-corrected chi connectivity index (χ2v) is 14.4. The molecule has 41 heavy (non-hydrogen) atoms. The lowest BCUT2D eigenvalue weighted by Crippen LogP contribution is -2.44. The molecule has 5 nitrogen and oxygen atoms in total. The van der Waals surface area contributed by atoms with Gasteiger partial charge < -0.3 is 14.4 Å². The average molecular weight is 621 g/mol. The largest absolute Gasteiger partial charge is 0.489 e. The van der Waals surface area contributed by atoms with Gasteiger partial charge in [-0.3, -0.25) is 9.59 Å². The summed E-state index contributed by atoms with van der Waals surface area (Å²) in [5, 5.41) is 0. The minimum atomic E-state index is -0.448. The van der Waals surface area contributed by atoms with Gasteiger partial charge in [-0.1, -0.05) is 73.5 Å². The number of carbonyl (C=O) groups is 2. The van der Waals surface area contributed by atoms with Crippen molar-refractivity contribution in [2.24, 2.45) is 10.8 Å². The number of rotatable bonds is 8. The Morgan fingerprint density at radius 2 is 1.46 bits per heavy atom. The Balaban J connectivity index is 1.68.